The molecule has 0 saturated heterocycles. The van der Waals surface area contributed by atoms with Crippen molar-refractivity contribution < 1.29 is 8.42 Å². The monoisotopic (exact) mass is 261 g/mol. The molecule has 1 unspecified atom stereocenters. The summed E-state index contributed by atoms with van der Waals surface area (Å²) in [6, 6.07) is 6.85. The van der Waals surface area contributed by atoms with Crippen LogP contribution in [0.3, 0.4) is 0 Å². The van der Waals surface area contributed by atoms with Gasteiger partial charge in [0.1, 0.15) is 0 Å². The molecule has 0 aliphatic heterocycles. The summed E-state index contributed by atoms with van der Waals surface area (Å²) in [5.74, 6) is -0.0299. The molecule has 3 nitrogen and oxygen atoms in total. The third-order valence-corrected chi connectivity index (χ3v) is 3.95. The third kappa shape index (κ3) is 4.51. The molecule has 1 aromatic rings. The molecule has 0 bridgehead atoms. The summed E-state index contributed by atoms with van der Waals surface area (Å²) < 4.78 is 26.1. The molecule has 90 valence electrons. The first-order valence-corrected chi connectivity index (χ1v) is 7.20. The van der Waals surface area contributed by atoms with Crippen LogP contribution in [0, 0.1) is 0 Å². The number of hydrogen-bond donors (Lipinski definition) is 1. The summed E-state index contributed by atoms with van der Waals surface area (Å²) in [5.41, 5.74) is 0.698. The van der Waals surface area contributed by atoms with Gasteiger partial charge in [0.25, 0.3) is 0 Å². The highest BCUT2D eigenvalue weighted by molar-refractivity contribution is 7.88. The van der Waals surface area contributed by atoms with Crippen LogP contribution in [0.15, 0.2) is 24.3 Å². The molecule has 0 heterocycles. The summed E-state index contributed by atoms with van der Waals surface area (Å²) in [5, 5.41) is 0.552. The molecule has 5 heteroatoms. The Morgan fingerprint density at radius 2 is 2.12 bits per heavy atom. The number of hydrogen-bond acceptors (Lipinski definition) is 2. The Hall–Kier alpha value is -0.580. The van der Waals surface area contributed by atoms with Gasteiger partial charge in [-0.3, -0.25) is 0 Å². The Morgan fingerprint density at radius 1 is 1.44 bits per heavy atom. The fraction of sp³-hybridized carbons (Fsp3) is 0.455. The van der Waals surface area contributed by atoms with Crippen molar-refractivity contribution >= 4 is 21.6 Å². The number of nitrogens with one attached hydrogen (secondary N) is 1. The molecule has 1 N–H and O–H groups in total. The standard InChI is InChI=1S/C11H16ClNO2S/c1-3-9(2)13-16(14,15)8-10-5-4-6-11(12)7-10/h4-7,9,13H,3,8H2,1-2H3. The Balaban J connectivity index is 2.73. The molecule has 16 heavy (non-hydrogen) atoms. The minimum absolute atomic E-state index is 0.0299. The van der Waals surface area contributed by atoms with E-state index in [1.54, 1.807) is 24.3 Å². The molecule has 1 rings (SSSR count). The van der Waals surface area contributed by atoms with Crippen molar-refractivity contribution in [3.05, 3.63) is 34.9 Å². The normalized spacial score (nSPS) is 13.7. The van der Waals surface area contributed by atoms with Gasteiger partial charge in [-0.1, -0.05) is 30.7 Å². The molecule has 0 amide bonds. The first-order chi connectivity index (χ1) is 7.43. The zero-order valence-corrected chi connectivity index (χ0v) is 11.0. The lowest BCUT2D eigenvalue weighted by Crippen LogP contribution is -2.32. The molecule has 0 saturated carbocycles. The lowest BCUT2D eigenvalue weighted by atomic mass is 10.2. The molecule has 0 aliphatic rings. The van der Waals surface area contributed by atoms with Gasteiger partial charge in [-0.15, -0.1) is 0 Å². The number of sulfonamides is 1. The predicted molar refractivity (Wildman–Crippen MR) is 67.0 cm³/mol. The molecule has 0 spiro atoms. The van der Waals surface area contributed by atoms with Crippen molar-refractivity contribution in [1.82, 2.24) is 4.72 Å². The van der Waals surface area contributed by atoms with Crippen molar-refractivity contribution in [1.29, 1.82) is 0 Å². The van der Waals surface area contributed by atoms with Gasteiger partial charge in [-0.05, 0) is 31.0 Å². The zero-order chi connectivity index (χ0) is 12.2. The average molecular weight is 262 g/mol. The SMILES string of the molecule is CCC(C)NS(=O)(=O)Cc1cccc(Cl)c1. The Kier molecular flexibility index (Phi) is 4.77. The molecular formula is C11H16ClNO2S. The van der Waals surface area contributed by atoms with Crippen LogP contribution in [-0.2, 0) is 15.8 Å². The minimum atomic E-state index is -3.27. The second kappa shape index (κ2) is 5.66. The van der Waals surface area contributed by atoms with E-state index in [9.17, 15) is 8.42 Å². The second-order valence-electron chi connectivity index (χ2n) is 3.82. The maximum atomic E-state index is 11.7. The fourth-order valence-corrected chi connectivity index (χ4v) is 2.97. The van der Waals surface area contributed by atoms with E-state index in [0.717, 1.165) is 6.42 Å². The van der Waals surface area contributed by atoms with Gasteiger partial charge in [-0.25, -0.2) is 13.1 Å². The van der Waals surface area contributed by atoms with E-state index in [0.29, 0.717) is 10.6 Å². The Labute approximate surface area is 102 Å². The predicted octanol–water partition coefficient (Wildman–Crippen LogP) is 2.56. The smallest absolute Gasteiger partial charge is 0.212 e. The molecule has 0 fully saturated rings. The second-order valence-corrected chi connectivity index (χ2v) is 6.01. The third-order valence-electron chi connectivity index (χ3n) is 2.24. The van der Waals surface area contributed by atoms with Crippen molar-refractivity contribution in [2.45, 2.75) is 32.1 Å². The average Bonchev–Trinajstić information content (AvgIpc) is 2.15. The molecule has 1 atom stereocenters. The summed E-state index contributed by atoms with van der Waals surface area (Å²) >= 11 is 5.79. The Bertz CT molecular complexity index is 445. The van der Waals surface area contributed by atoms with Gasteiger partial charge in [0, 0.05) is 11.1 Å². The summed E-state index contributed by atoms with van der Waals surface area (Å²) in [4.78, 5) is 0. The lowest BCUT2D eigenvalue weighted by Gasteiger charge is -2.12. The number of rotatable bonds is 5. The van der Waals surface area contributed by atoms with Gasteiger partial charge in [0.05, 0.1) is 5.75 Å². The van der Waals surface area contributed by atoms with Gasteiger partial charge in [0.15, 0.2) is 0 Å². The van der Waals surface area contributed by atoms with E-state index < -0.39 is 10.0 Å². The number of benzene rings is 1. The van der Waals surface area contributed by atoms with Crippen LogP contribution in [0.5, 0.6) is 0 Å². The van der Waals surface area contributed by atoms with Crippen LogP contribution in [-0.4, -0.2) is 14.5 Å². The van der Waals surface area contributed by atoms with Crippen LogP contribution in [0.2, 0.25) is 5.02 Å². The van der Waals surface area contributed by atoms with E-state index in [4.69, 9.17) is 11.6 Å². The summed E-state index contributed by atoms with van der Waals surface area (Å²) in [6.07, 6.45) is 0.773. The molecule has 0 aromatic heterocycles. The minimum Gasteiger partial charge on any atom is -0.212 e. The van der Waals surface area contributed by atoms with Crippen LogP contribution >= 0.6 is 11.6 Å². The lowest BCUT2D eigenvalue weighted by molar-refractivity contribution is 0.555. The fourth-order valence-electron chi connectivity index (χ4n) is 1.28. The van der Waals surface area contributed by atoms with Crippen molar-refractivity contribution in [3.8, 4) is 0 Å². The summed E-state index contributed by atoms with van der Waals surface area (Å²) in [7, 11) is -3.27. The van der Waals surface area contributed by atoms with E-state index in [2.05, 4.69) is 4.72 Å². The molecule has 0 radical (unpaired) electrons. The van der Waals surface area contributed by atoms with Crippen molar-refractivity contribution in [2.75, 3.05) is 0 Å². The van der Waals surface area contributed by atoms with E-state index in [1.807, 2.05) is 13.8 Å². The van der Waals surface area contributed by atoms with Gasteiger partial charge >= 0.3 is 0 Å². The van der Waals surface area contributed by atoms with E-state index >= 15 is 0 Å². The highest BCUT2D eigenvalue weighted by atomic mass is 35.5. The topological polar surface area (TPSA) is 46.2 Å². The van der Waals surface area contributed by atoms with Crippen LogP contribution < -0.4 is 4.72 Å². The van der Waals surface area contributed by atoms with E-state index in [-0.39, 0.29) is 11.8 Å². The van der Waals surface area contributed by atoms with Gasteiger partial charge < -0.3 is 0 Å². The van der Waals surface area contributed by atoms with Gasteiger partial charge in [0.2, 0.25) is 10.0 Å². The summed E-state index contributed by atoms with van der Waals surface area (Å²) in [6.45, 7) is 3.78. The maximum absolute atomic E-state index is 11.7. The highest BCUT2D eigenvalue weighted by Gasteiger charge is 2.14. The first kappa shape index (κ1) is 13.5. The zero-order valence-electron chi connectivity index (χ0n) is 9.40. The van der Waals surface area contributed by atoms with Crippen molar-refractivity contribution in [3.63, 3.8) is 0 Å². The largest absolute Gasteiger partial charge is 0.216 e. The molecule has 0 aliphatic carbocycles. The van der Waals surface area contributed by atoms with E-state index in [1.165, 1.54) is 0 Å². The highest BCUT2D eigenvalue weighted by Crippen LogP contribution is 2.13. The first-order valence-electron chi connectivity index (χ1n) is 5.17. The Morgan fingerprint density at radius 3 is 2.69 bits per heavy atom. The quantitative estimate of drug-likeness (QED) is 0.886. The number of halogens is 1. The van der Waals surface area contributed by atoms with Gasteiger partial charge in [-0.2, -0.15) is 0 Å². The van der Waals surface area contributed by atoms with Crippen LogP contribution in [0.4, 0.5) is 0 Å². The maximum Gasteiger partial charge on any atom is 0.216 e. The molecule has 1 aromatic carbocycles. The molecular weight excluding hydrogens is 246 g/mol. The van der Waals surface area contributed by atoms with Crippen LogP contribution in [0.1, 0.15) is 25.8 Å². The van der Waals surface area contributed by atoms with Crippen LogP contribution in [0.25, 0.3) is 0 Å². The van der Waals surface area contributed by atoms with Crippen molar-refractivity contribution in [2.24, 2.45) is 0 Å².